The first kappa shape index (κ1) is 24.5. The Balaban J connectivity index is 1.57. The third-order valence-corrected chi connectivity index (χ3v) is 6.69. The molecule has 3 N–H and O–H groups in total. The Morgan fingerprint density at radius 3 is 2.46 bits per heavy atom. The predicted octanol–water partition coefficient (Wildman–Crippen LogP) is 3.52. The molecule has 1 aliphatic rings. The molecule has 8 heteroatoms. The number of amides is 1. The van der Waals surface area contributed by atoms with Gasteiger partial charge in [-0.3, -0.25) is 10.2 Å². The molecule has 1 amide bonds. The molecule has 1 fully saturated rings. The third kappa shape index (κ3) is 5.54. The monoisotopic (exact) mass is 476 g/mol. The number of carbonyl (C=O) groups is 2. The van der Waals surface area contributed by atoms with Crippen LogP contribution < -0.4 is 10.6 Å². The van der Waals surface area contributed by atoms with Crippen molar-refractivity contribution in [3.8, 4) is 0 Å². The number of fused-ring (bicyclic) bond motifs is 1. The van der Waals surface area contributed by atoms with E-state index >= 15 is 0 Å². The number of methoxy groups -OCH3 is 1. The zero-order chi connectivity index (χ0) is 24.9. The number of nitrogens with one attached hydrogen (secondary N) is 1. The number of benzene rings is 2. The van der Waals surface area contributed by atoms with Crippen LogP contribution in [0.15, 0.2) is 48.5 Å². The number of amidine groups is 1. The van der Waals surface area contributed by atoms with Crippen LogP contribution in [0.25, 0.3) is 10.9 Å². The largest absolute Gasteiger partial charge is 0.467 e. The highest BCUT2D eigenvalue weighted by Crippen LogP contribution is 2.32. The van der Waals surface area contributed by atoms with Crippen molar-refractivity contribution in [3.63, 3.8) is 0 Å². The summed E-state index contributed by atoms with van der Waals surface area (Å²) in [7, 11) is 3.34. The van der Waals surface area contributed by atoms with Crippen LogP contribution in [0.2, 0.25) is 0 Å². The van der Waals surface area contributed by atoms with Gasteiger partial charge in [0.15, 0.2) is 0 Å². The average Bonchev–Trinajstić information content (AvgIpc) is 3.48. The van der Waals surface area contributed by atoms with Crippen LogP contribution in [-0.2, 0) is 32.5 Å². The van der Waals surface area contributed by atoms with Crippen LogP contribution in [0.3, 0.4) is 0 Å². The van der Waals surface area contributed by atoms with Crippen molar-refractivity contribution < 1.29 is 19.1 Å². The van der Waals surface area contributed by atoms with E-state index < -0.39 is 5.97 Å². The van der Waals surface area contributed by atoms with Crippen LogP contribution in [0.4, 0.5) is 5.69 Å². The fourth-order valence-corrected chi connectivity index (χ4v) is 4.80. The number of aromatic nitrogens is 1. The van der Waals surface area contributed by atoms with E-state index in [-0.39, 0.29) is 31.0 Å². The highest BCUT2D eigenvalue weighted by molar-refractivity contribution is 5.97. The molecule has 0 spiro atoms. The van der Waals surface area contributed by atoms with Crippen molar-refractivity contribution in [1.82, 2.24) is 4.57 Å². The lowest BCUT2D eigenvalue weighted by Gasteiger charge is -2.29. The van der Waals surface area contributed by atoms with E-state index in [1.807, 2.05) is 42.3 Å². The minimum absolute atomic E-state index is 0.0609. The van der Waals surface area contributed by atoms with E-state index in [4.69, 9.17) is 15.9 Å². The first-order valence-electron chi connectivity index (χ1n) is 11.9. The van der Waals surface area contributed by atoms with Crippen molar-refractivity contribution >= 4 is 34.3 Å². The highest BCUT2D eigenvalue weighted by Gasteiger charge is 2.28. The topological polar surface area (TPSA) is 111 Å². The van der Waals surface area contributed by atoms with Gasteiger partial charge in [0, 0.05) is 47.4 Å². The number of anilines is 1. The number of nitrogen functional groups attached to an aromatic ring is 1. The minimum atomic E-state index is -0.501. The molecule has 2 aromatic carbocycles. The standard InChI is InChI=1S/C27H32N4O4/c1-30-23(13-18-7-9-19(10-8-18)27(28)29)15-20-14-22(11-12-24(20)30)31(21-5-3-4-6-21)25(32)16-35-17-26(33)34-2/h7-12,14-15,21H,3-6,13,16-17H2,1-2H3,(H3,28,29). The van der Waals surface area contributed by atoms with E-state index in [0.29, 0.717) is 5.56 Å². The Hall–Kier alpha value is -3.65. The maximum Gasteiger partial charge on any atom is 0.331 e. The van der Waals surface area contributed by atoms with E-state index in [2.05, 4.69) is 27.5 Å². The molecule has 1 heterocycles. The molecule has 1 aromatic heterocycles. The van der Waals surface area contributed by atoms with E-state index in [1.54, 1.807) is 0 Å². The molecule has 1 aliphatic carbocycles. The van der Waals surface area contributed by atoms with E-state index in [0.717, 1.165) is 60.0 Å². The summed E-state index contributed by atoms with van der Waals surface area (Å²) in [5, 5.41) is 8.62. The fourth-order valence-electron chi connectivity index (χ4n) is 4.80. The Bertz CT molecular complexity index is 1230. The zero-order valence-electron chi connectivity index (χ0n) is 20.3. The molecule has 0 bridgehead atoms. The maximum absolute atomic E-state index is 13.1. The normalized spacial score (nSPS) is 13.8. The van der Waals surface area contributed by atoms with Crippen molar-refractivity contribution in [1.29, 1.82) is 5.41 Å². The molecule has 0 aliphatic heterocycles. The van der Waals surface area contributed by atoms with Gasteiger partial charge in [0.2, 0.25) is 0 Å². The van der Waals surface area contributed by atoms with E-state index in [9.17, 15) is 9.59 Å². The molecule has 4 rings (SSSR count). The number of carbonyl (C=O) groups excluding carboxylic acids is 2. The van der Waals surface area contributed by atoms with Gasteiger partial charge >= 0.3 is 5.97 Å². The van der Waals surface area contributed by atoms with Crippen LogP contribution >= 0.6 is 0 Å². The number of aryl methyl sites for hydroxylation is 1. The number of ether oxygens (including phenoxy) is 2. The number of nitrogens with zero attached hydrogens (tertiary/aromatic N) is 2. The second kappa shape index (κ2) is 10.7. The smallest absolute Gasteiger partial charge is 0.331 e. The summed E-state index contributed by atoms with van der Waals surface area (Å²) in [6.07, 6.45) is 4.84. The molecule has 0 saturated heterocycles. The molecule has 1 saturated carbocycles. The van der Waals surface area contributed by atoms with Gasteiger partial charge in [0.05, 0.1) is 7.11 Å². The summed E-state index contributed by atoms with van der Waals surface area (Å²) in [5.74, 6) is -0.591. The molecule has 0 unspecified atom stereocenters. The maximum atomic E-state index is 13.1. The summed E-state index contributed by atoms with van der Waals surface area (Å²) in [5.41, 5.74) is 10.5. The number of hydrogen-bond donors (Lipinski definition) is 2. The molecule has 0 radical (unpaired) electrons. The van der Waals surface area contributed by atoms with Gasteiger partial charge in [-0.1, -0.05) is 37.1 Å². The summed E-state index contributed by atoms with van der Waals surface area (Å²) in [4.78, 5) is 26.3. The van der Waals surface area contributed by atoms with Gasteiger partial charge in [-0.2, -0.15) is 0 Å². The first-order chi connectivity index (χ1) is 16.9. The van der Waals surface area contributed by atoms with Gasteiger partial charge in [-0.25, -0.2) is 4.79 Å². The minimum Gasteiger partial charge on any atom is -0.467 e. The van der Waals surface area contributed by atoms with Gasteiger partial charge in [-0.05, 0) is 42.7 Å². The van der Waals surface area contributed by atoms with Crippen molar-refractivity contribution in [3.05, 3.63) is 65.4 Å². The molecular formula is C27H32N4O4. The highest BCUT2D eigenvalue weighted by atomic mass is 16.6. The lowest BCUT2D eigenvalue weighted by atomic mass is 10.1. The lowest BCUT2D eigenvalue weighted by molar-refractivity contribution is -0.146. The summed E-state index contributed by atoms with van der Waals surface area (Å²) >= 11 is 0. The molecule has 8 nitrogen and oxygen atoms in total. The van der Waals surface area contributed by atoms with Crippen molar-refractivity contribution in [2.45, 2.75) is 38.1 Å². The fraction of sp³-hybridized carbons (Fsp3) is 0.370. The number of esters is 1. The lowest BCUT2D eigenvalue weighted by Crippen LogP contribution is -2.41. The van der Waals surface area contributed by atoms with Gasteiger partial charge in [0.1, 0.15) is 19.0 Å². The SMILES string of the molecule is COC(=O)COCC(=O)N(c1ccc2c(c1)cc(Cc1ccc(C(=N)N)cc1)n2C)C1CCCC1. The summed E-state index contributed by atoms with van der Waals surface area (Å²) < 4.78 is 12.1. The zero-order valence-corrected chi connectivity index (χ0v) is 20.3. The third-order valence-electron chi connectivity index (χ3n) is 6.69. The molecule has 35 heavy (non-hydrogen) atoms. The van der Waals surface area contributed by atoms with Gasteiger partial charge < -0.3 is 24.7 Å². The molecular weight excluding hydrogens is 444 g/mol. The number of rotatable bonds is 9. The molecule has 3 aromatic rings. The molecule has 184 valence electrons. The Labute approximate surface area is 205 Å². The van der Waals surface area contributed by atoms with Gasteiger partial charge in [-0.15, -0.1) is 0 Å². The quantitative estimate of drug-likeness (QED) is 0.279. The van der Waals surface area contributed by atoms with Crippen molar-refractivity contribution in [2.75, 3.05) is 25.2 Å². The van der Waals surface area contributed by atoms with Crippen molar-refractivity contribution in [2.24, 2.45) is 12.8 Å². The van der Waals surface area contributed by atoms with Gasteiger partial charge in [0.25, 0.3) is 5.91 Å². The number of hydrogen-bond acceptors (Lipinski definition) is 5. The second-order valence-corrected chi connectivity index (χ2v) is 9.00. The Kier molecular flexibility index (Phi) is 7.51. The second-order valence-electron chi connectivity index (χ2n) is 9.00. The molecule has 0 atom stereocenters. The predicted molar refractivity (Wildman–Crippen MR) is 136 cm³/mol. The Morgan fingerprint density at radius 1 is 1.09 bits per heavy atom. The van der Waals surface area contributed by atoms with Crippen LogP contribution in [-0.4, -0.2) is 48.6 Å². The van der Waals surface area contributed by atoms with Crippen LogP contribution in [0.1, 0.15) is 42.5 Å². The average molecular weight is 477 g/mol. The summed E-state index contributed by atoms with van der Waals surface area (Å²) in [6.45, 7) is -0.408. The van der Waals surface area contributed by atoms with Crippen LogP contribution in [0, 0.1) is 5.41 Å². The number of nitrogens with two attached hydrogens (primary N) is 1. The summed E-state index contributed by atoms with van der Waals surface area (Å²) in [6, 6.07) is 16.1. The van der Waals surface area contributed by atoms with E-state index in [1.165, 1.54) is 7.11 Å². The van der Waals surface area contributed by atoms with Crippen LogP contribution in [0.5, 0.6) is 0 Å². The Morgan fingerprint density at radius 2 is 1.80 bits per heavy atom. The first-order valence-corrected chi connectivity index (χ1v) is 11.9.